The molecule has 20 heavy (non-hydrogen) atoms. The van der Waals surface area contributed by atoms with E-state index in [1.165, 1.54) is 16.9 Å². The van der Waals surface area contributed by atoms with E-state index in [0.29, 0.717) is 5.13 Å². The number of nitrogens with one attached hydrogen (secondary N) is 1. The number of aryl methyl sites for hydroxylation is 1. The molecule has 1 atom stereocenters. The van der Waals surface area contributed by atoms with Gasteiger partial charge in [0.1, 0.15) is 0 Å². The summed E-state index contributed by atoms with van der Waals surface area (Å²) in [5.41, 5.74) is 2.24. The normalized spacial score (nSPS) is 12.6. The summed E-state index contributed by atoms with van der Waals surface area (Å²) in [6.07, 6.45) is 4.00. The van der Waals surface area contributed by atoms with Crippen LogP contribution in [0.4, 0.5) is 5.13 Å². The average molecular weight is 355 g/mol. The maximum atomic E-state index is 12.0. The number of fused-ring (bicyclic) bond motifs is 1. The first-order valence-electron chi connectivity index (χ1n) is 6.98. The van der Waals surface area contributed by atoms with Gasteiger partial charge in [-0.3, -0.25) is 4.79 Å². The topological polar surface area (TPSA) is 42.0 Å². The van der Waals surface area contributed by atoms with Gasteiger partial charge in [0.25, 0.3) is 0 Å². The number of anilines is 1. The van der Waals surface area contributed by atoms with Crippen molar-refractivity contribution in [3.8, 4) is 0 Å². The van der Waals surface area contributed by atoms with Crippen molar-refractivity contribution >= 4 is 48.5 Å². The van der Waals surface area contributed by atoms with Gasteiger partial charge in [0.2, 0.25) is 5.91 Å². The Labute approximate surface area is 131 Å². The molecule has 0 aliphatic heterocycles. The summed E-state index contributed by atoms with van der Waals surface area (Å²) in [6, 6.07) is 6.25. The van der Waals surface area contributed by atoms with E-state index < -0.39 is 0 Å². The van der Waals surface area contributed by atoms with Gasteiger partial charge < -0.3 is 5.32 Å². The van der Waals surface area contributed by atoms with Gasteiger partial charge in [-0.1, -0.05) is 60.0 Å². The van der Waals surface area contributed by atoms with Crippen LogP contribution in [-0.2, 0) is 11.2 Å². The Bertz CT molecular complexity index is 597. The van der Waals surface area contributed by atoms with Crippen LogP contribution < -0.4 is 5.32 Å². The molecule has 2 rings (SSSR count). The lowest BCUT2D eigenvalue weighted by molar-refractivity contribution is -0.115. The standard InChI is InChI=1S/C15H19BrN2OS/c1-3-5-6-11(16)14(19)18-15-17-12-8-7-10(4-2)9-13(12)20-15/h7-9,11H,3-6H2,1-2H3,(H,17,18,19). The Morgan fingerprint density at radius 3 is 2.95 bits per heavy atom. The van der Waals surface area contributed by atoms with Crippen LogP contribution in [0.25, 0.3) is 10.2 Å². The van der Waals surface area contributed by atoms with Gasteiger partial charge in [0.05, 0.1) is 15.0 Å². The molecule has 0 bridgehead atoms. The lowest BCUT2D eigenvalue weighted by Crippen LogP contribution is -2.22. The van der Waals surface area contributed by atoms with Gasteiger partial charge in [-0.25, -0.2) is 4.98 Å². The number of carbonyl (C=O) groups excluding carboxylic acids is 1. The van der Waals surface area contributed by atoms with Crippen molar-refractivity contribution in [1.29, 1.82) is 0 Å². The zero-order chi connectivity index (χ0) is 14.5. The number of thiazole rings is 1. The molecule has 0 saturated carbocycles. The number of benzene rings is 1. The molecule has 108 valence electrons. The molecule has 1 unspecified atom stereocenters. The summed E-state index contributed by atoms with van der Waals surface area (Å²) in [5.74, 6) is -0.00628. The minimum atomic E-state index is -0.138. The summed E-state index contributed by atoms with van der Waals surface area (Å²) >= 11 is 4.97. The fourth-order valence-electron chi connectivity index (χ4n) is 1.94. The summed E-state index contributed by atoms with van der Waals surface area (Å²) < 4.78 is 1.12. The molecule has 0 saturated heterocycles. The summed E-state index contributed by atoms with van der Waals surface area (Å²) in [5, 5.41) is 3.58. The number of aromatic nitrogens is 1. The van der Waals surface area contributed by atoms with E-state index in [0.717, 1.165) is 35.9 Å². The predicted molar refractivity (Wildman–Crippen MR) is 89.9 cm³/mol. The molecule has 5 heteroatoms. The Morgan fingerprint density at radius 1 is 1.45 bits per heavy atom. The molecule has 1 aromatic heterocycles. The quantitative estimate of drug-likeness (QED) is 0.760. The minimum Gasteiger partial charge on any atom is -0.301 e. The number of amides is 1. The van der Waals surface area contributed by atoms with Crippen molar-refractivity contribution in [3.05, 3.63) is 23.8 Å². The highest BCUT2D eigenvalue weighted by atomic mass is 79.9. The number of nitrogens with zero attached hydrogens (tertiary/aromatic N) is 1. The van der Waals surface area contributed by atoms with Gasteiger partial charge >= 0.3 is 0 Å². The third-order valence-electron chi connectivity index (χ3n) is 3.19. The van der Waals surface area contributed by atoms with Crippen LogP contribution in [0.3, 0.4) is 0 Å². The van der Waals surface area contributed by atoms with Crippen LogP contribution in [0.1, 0.15) is 38.7 Å². The third kappa shape index (κ3) is 3.79. The Morgan fingerprint density at radius 2 is 2.25 bits per heavy atom. The largest absolute Gasteiger partial charge is 0.301 e. The molecule has 0 fully saturated rings. The summed E-state index contributed by atoms with van der Waals surface area (Å²) in [6.45, 7) is 4.25. The predicted octanol–water partition coefficient (Wildman–Crippen LogP) is 4.75. The average Bonchev–Trinajstić information content (AvgIpc) is 2.85. The van der Waals surface area contributed by atoms with Crippen molar-refractivity contribution in [2.45, 2.75) is 44.4 Å². The molecule has 0 radical (unpaired) electrons. The number of alkyl halides is 1. The van der Waals surface area contributed by atoms with Crippen LogP contribution >= 0.6 is 27.3 Å². The highest BCUT2D eigenvalue weighted by molar-refractivity contribution is 9.10. The maximum absolute atomic E-state index is 12.0. The van der Waals surface area contributed by atoms with E-state index in [2.05, 4.69) is 52.2 Å². The zero-order valence-corrected chi connectivity index (χ0v) is 14.2. The van der Waals surface area contributed by atoms with Gasteiger partial charge in [-0.05, 0) is 30.5 Å². The molecular weight excluding hydrogens is 336 g/mol. The second-order valence-corrected chi connectivity index (χ2v) is 6.91. The highest BCUT2D eigenvalue weighted by Gasteiger charge is 2.16. The fraction of sp³-hybridized carbons (Fsp3) is 0.467. The monoisotopic (exact) mass is 354 g/mol. The van der Waals surface area contributed by atoms with E-state index in [4.69, 9.17) is 0 Å². The first-order chi connectivity index (χ1) is 9.63. The van der Waals surface area contributed by atoms with Crippen molar-refractivity contribution < 1.29 is 4.79 Å². The summed E-state index contributed by atoms with van der Waals surface area (Å²) in [7, 11) is 0. The molecule has 0 spiro atoms. The molecule has 1 heterocycles. The van der Waals surface area contributed by atoms with Gasteiger partial charge in [0, 0.05) is 0 Å². The van der Waals surface area contributed by atoms with Crippen LogP contribution in [0.15, 0.2) is 18.2 Å². The number of hydrogen-bond acceptors (Lipinski definition) is 3. The van der Waals surface area contributed by atoms with Crippen LogP contribution in [0.2, 0.25) is 0 Å². The number of carbonyl (C=O) groups is 1. The Hall–Kier alpha value is -0.940. The lowest BCUT2D eigenvalue weighted by atomic mass is 10.2. The second kappa shape index (κ2) is 7.18. The summed E-state index contributed by atoms with van der Waals surface area (Å²) in [4.78, 5) is 16.3. The molecular formula is C15H19BrN2OS. The Kier molecular flexibility index (Phi) is 5.54. The molecule has 1 aromatic carbocycles. The van der Waals surface area contributed by atoms with Crippen molar-refractivity contribution in [2.24, 2.45) is 0 Å². The van der Waals surface area contributed by atoms with Crippen molar-refractivity contribution in [2.75, 3.05) is 5.32 Å². The molecule has 3 nitrogen and oxygen atoms in total. The number of rotatable bonds is 6. The van der Waals surface area contributed by atoms with E-state index in [1.807, 2.05) is 6.07 Å². The van der Waals surface area contributed by atoms with Crippen LogP contribution in [0.5, 0.6) is 0 Å². The molecule has 0 aliphatic rings. The van der Waals surface area contributed by atoms with E-state index in [-0.39, 0.29) is 10.7 Å². The minimum absolute atomic E-state index is 0.00628. The van der Waals surface area contributed by atoms with Gasteiger partial charge in [-0.2, -0.15) is 0 Å². The van der Waals surface area contributed by atoms with Crippen molar-refractivity contribution in [1.82, 2.24) is 4.98 Å². The SMILES string of the molecule is CCCCC(Br)C(=O)Nc1nc2ccc(CC)cc2s1. The number of unbranched alkanes of at least 4 members (excludes halogenated alkanes) is 1. The third-order valence-corrected chi connectivity index (χ3v) is 4.99. The highest BCUT2D eigenvalue weighted by Crippen LogP contribution is 2.27. The van der Waals surface area contributed by atoms with Crippen LogP contribution in [0, 0.1) is 0 Å². The Balaban J connectivity index is 2.07. The zero-order valence-electron chi connectivity index (χ0n) is 11.8. The van der Waals surface area contributed by atoms with E-state index in [9.17, 15) is 4.79 Å². The first kappa shape index (κ1) is 15.4. The second-order valence-electron chi connectivity index (χ2n) is 4.77. The smallest absolute Gasteiger partial charge is 0.239 e. The molecule has 1 N–H and O–H groups in total. The van der Waals surface area contributed by atoms with E-state index >= 15 is 0 Å². The molecule has 1 amide bonds. The van der Waals surface area contributed by atoms with Crippen LogP contribution in [-0.4, -0.2) is 15.7 Å². The number of hydrogen-bond donors (Lipinski definition) is 1. The first-order valence-corrected chi connectivity index (χ1v) is 8.71. The maximum Gasteiger partial charge on any atom is 0.239 e. The lowest BCUT2D eigenvalue weighted by Gasteiger charge is -2.07. The van der Waals surface area contributed by atoms with E-state index in [1.54, 1.807) is 0 Å². The fourth-order valence-corrected chi connectivity index (χ4v) is 3.31. The van der Waals surface area contributed by atoms with Gasteiger partial charge in [0.15, 0.2) is 5.13 Å². The number of halogens is 1. The van der Waals surface area contributed by atoms with Crippen molar-refractivity contribution in [3.63, 3.8) is 0 Å². The van der Waals surface area contributed by atoms with Gasteiger partial charge in [-0.15, -0.1) is 0 Å². The molecule has 2 aromatic rings. The molecule has 0 aliphatic carbocycles.